The standard InChI is InChI=1S/C36H41N7O5S/c1-5-6-15-49(47,48)43(32(34(37)44)20-28-21-39-31-10-8-7-9-30(28)31)36(46)33(41(4)35(45)27-17-24(2)16-25(3)18-27)19-26-11-13-29(14-12-26)42-23-38-22-40-42/h7-14,16-18,21-23,32-33,39H,5-6,15,19-20H2,1-4H3,(H2,37,44)/t32-,33-/m0/s1. The van der Waals surface area contributed by atoms with E-state index < -0.39 is 39.8 Å². The Hall–Kier alpha value is -5.30. The molecule has 5 rings (SSSR count). The van der Waals surface area contributed by atoms with E-state index in [9.17, 15) is 22.8 Å². The molecule has 3 aromatic carbocycles. The van der Waals surface area contributed by atoms with E-state index in [0.29, 0.717) is 27.4 Å². The van der Waals surface area contributed by atoms with Gasteiger partial charge in [0.2, 0.25) is 15.9 Å². The molecule has 0 bridgehead atoms. The minimum Gasteiger partial charge on any atom is -0.368 e. The molecule has 13 heteroatoms. The Morgan fingerprint density at radius 2 is 1.65 bits per heavy atom. The van der Waals surface area contributed by atoms with Crippen molar-refractivity contribution >= 4 is 38.6 Å². The van der Waals surface area contributed by atoms with E-state index >= 15 is 0 Å². The number of nitrogens with zero attached hydrogens (tertiary/aromatic N) is 5. The average Bonchev–Trinajstić information content (AvgIpc) is 3.76. The van der Waals surface area contributed by atoms with E-state index in [4.69, 9.17) is 5.73 Å². The molecule has 0 radical (unpaired) electrons. The van der Waals surface area contributed by atoms with Gasteiger partial charge in [0.05, 0.1) is 11.4 Å². The molecule has 12 nitrogen and oxygen atoms in total. The number of carbonyl (C=O) groups is 3. The summed E-state index contributed by atoms with van der Waals surface area (Å²) in [5.41, 5.74) is 10.8. The summed E-state index contributed by atoms with van der Waals surface area (Å²) in [5, 5.41) is 4.92. The van der Waals surface area contributed by atoms with Gasteiger partial charge in [0.15, 0.2) is 0 Å². The van der Waals surface area contributed by atoms with Crippen LogP contribution in [0.3, 0.4) is 0 Å². The van der Waals surface area contributed by atoms with Gasteiger partial charge in [0.1, 0.15) is 24.7 Å². The monoisotopic (exact) mass is 683 g/mol. The molecule has 3 amide bonds. The Kier molecular flexibility index (Phi) is 10.6. The number of H-pyrrole nitrogens is 1. The normalized spacial score (nSPS) is 12.8. The molecule has 256 valence electrons. The first-order valence-corrected chi connectivity index (χ1v) is 17.7. The summed E-state index contributed by atoms with van der Waals surface area (Å²) >= 11 is 0. The molecule has 0 aliphatic carbocycles. The predicted molar refractivity (Wildman–Crippen MR) is 187 cm³/mol. The predicted octanol–water partition coefficient (Wildman–Crippen LogP) is 4.10. The van der Waals surface area contributed by atoms with Crippen molar-refractivity contribution in [3.63, 3.8) is 0 Å². The number of rotatable bonds is 14. The number of carbonyl (C=O) groups excluding carboxylic acids is 3. The highest BCUT2D eigenvalue weighted by atomic mass is 32.2. The number of amides is 3. The van der Waals surface area contributed by atoms with Crippen molar-refractivity contribution in [2.24, 2.45) is 5.73 Å². The number of nitrogens with one attached hydrogen (secondary N) is 1. The van der Waals surface area contributed by atoms with Gasteiger partial charge in [-0.25, -0.2) is 22.4 Å². The highest BCUT2D eigenvalue weighted by molar-refractivity contribution is 7.89. The fourth-order valence-corrected chi connectivity index (χ4v) is 7.86. The number of primary amides is 1. The Balaban J connectivity index is 1.59. The number of aromatic nitrogens is 4. The third-order valence-corrected chi connectivity index (χ3v) is 10.4. The van der Waals surface area contributed by atoms with Gasteiger partial charge in [-0.1, -0.05) is 60.9 Å². The zero-order valence-electron chi connectivity index (χ0n) is 28.0. The lowest BCUT2D eigenvalue weighted by Gasteiger charge is -2.35. The molecule has 0 saturated heterocycles. The quantitative estimate of drug-likeness (QED) is 0.178. The van der Waals surface area contributed by atoms with Crippen LogP contribution in [0.4, 0.5) is 0 Å². The maximum Gasteiger partial charge on any atom is 0.259 e. The molecule has 49 heavy (non-hydrogen) atoms. The molecule has 0 aliphatic heterocycles. The third kappa shape index (κ3) is 7.89. The molecule has 0 fully saturated rings. The van der Waals surface area contributed by atoms with Crippen molar-refractivity contribution in [1.82, 2.24) is 29.0 Å². The van der Waals surface area contributed by atoms with E-state index in [1.165, 1.54) is 18.3 Å². The average molecular weight is 684 g/mol. The number of likely N-dealkylation sites (N-methyl/N-ethyl adjacent to an activating group) is 1. The Labute approximate surface area is 286 Å². The summed E-state index contributed by atoms with van der Waals surface area (Å²) in [6.45, 7) is 5.57. The van der Waals surface area contributed by atoms with Crippen molar-refractivity contribution in [3.8, 4) is 5.69 Å². The number of para-hydroxylation sites is 1. The minimum atomic E-state index is -4.38. The van der Waals surface area contributed by atoms with Gasteiger partial charge in [-0.2, -0.15) is 5.10 Å². The SMILES string of the molecule is CCCCS(=O)(=O)N(C(=O)[C@H](Cc1ccc(-n2cncn2)cc1)N(C)C(=O)c1cc(C)cc(C)c1)[C@@H](Cc1c[nH]c2ccccc12)C(N)=O. The van der Waals surface area contributed by atoms with Crippen LogP contribution in [0, 0.1) is 13.8 Å². The molecule has 0 saturated carbocycles. The van der Waals surface area contributed by atoms with Crippen molar-refractivity contribution < 1.29 is 22.8 Å². The van der Waals surface area contributed by atoms with E-state index in [1.807, 2.05) is 51.1 Å². The lowest BCUT2D eigenvalue weighted by molar-refractivity contribution is -0.137. The molecule has 0 aliphatic rings. The zero-order chi connectivity index (χ0) is 35.3. The molecule has 2 atom stereocenters. The van der Waals surface area contributed by atoms with Crippen molar-refractivity contribution in [2.45, 2.75) is 58.5 Å². The van der Waals surface area contributed by atoms with E-state index in [2.05, 4.69) is 15.1 Å². The van der Waals surface area contributed by atoms with Crippen molar-refractivity contribution in [1.29, 1.82) is 0 Å². The first kappa shape index (κ1) is 35.0. The van der Waals surface area contributed by atoms with Crippen LogP contribution in [-0.2, 0) is 32.5 Å². The highest BCUT2D eigenvalue weighted by Gasteiger charge is 2.43. The number of fused-ring (bicyclic) bond motifs is 1. The fraction of sp³-hybridized carbons (Fsp3) is 0.306. The largest absolute Gasteiger partial charge is 0.368 e. The molecule has 0 unspecified atom stereocenters. The first-order chi connectivity index (χ1) is 23.4. The van der Waals surface area contributed by atoms with E-state index in [1.54, 1.807) is 53.6 Å². The van der Waals surface area contributed by atoms with E-state index in [0.717, 1.165) is 27.7 Å². The van der Waals surface area contributed by atoms with Crippen molar-refractivity contribution in [2.75, 3.05) is 12.8 Å². The van der Waals surface area contributed by atoms with Gasteiger partial charge in [-0.3, -0.25) is 14.4 Å². The lowest BCUT2D eigenvalue weighted by atomic mass is 10.00. The number of hydrogen-bond acceptors (Lipinski definition) is 7. The number of unbranched alkanes of at least 4 members (excludes halogenated alkanes) is 1. The maximum absolute atomic E-state index is 14.9. The molecular weight excluding hydrogens is 643 g/mol. The summed E-state index contributed by atoms with van der Waals surface area (Å²) in [6.07, 6.45) is 5.26. The number of hydrogen-bond donors (Lipinski definition) is 2. The topological polar surface area (TPSA) is 164 Å². The second kappa shape index (κ2) is 14.9. The molecule has 5 aromatic rings. The van der Waals surface area contributed by atoms with Crippen LogP contribution in [0.25, 0.3) is 16.6 Å². The van der Waals surface area contributed by atoms with Gasteiger partial charge in [0.25, 0.3) is 11.8 Å². The van der Waals surface area contributed by atoms with Gasteiger partial charge in [-0.05, 0) is 61.7 Å². The summed E-state index contributed by atoms with van der Waals surface area (Å²) < 4.78 is 30.5. The highest BCUT2D eigenvalue weighted by Crippen LogP contribution is 2.25. The van der Waals surface area contributed by atoms with Crippen LogP contribution in [0.2, 0.25) is 0 Å². The Bertz CT molecular complexity index is 2040. The van der Waals surface area contributed by atoms with Gasteiger partial charge >= 0.3 is 0 Å². The second-order valence-electron chi connectivity index (χ2n) is 12.3. The number of nitrogens with two attached hydrogens (primary N) is 1. The fourth-order valence-electron chi connectivity index (χ4n) is 6.05. The van der Waals surface area contributed by atoms with Gasteiger partial charge in [-0.15, -0.1) is 0 Å². The Morgan fingerprint density at radius 3 is 2.29 bits per heavy atom. The van der Waals surface area contributed by atoms with Crippen LogP contribution in [0.15, 0.2) is 85.6 Å². The number of sulfonamides is 1. The van der Waals surface area contributed by atoms with Crippen LogP contribution >= 0.6 is 0 Å². The number of benzene rings is 3. The van der Waals surface area contributed by atoms with Crippen LogP contribution in [0.5, 0.6) is 0 Å². The Morgan fingerprint density at radius 1 is 0.959 bits per heavy atom. The number of aryl methyl sites for hydroxylation is 2. The molecule has 0 spiro atoms. The number of aromatic amines is 1. The maximum atomic E-state index is 14.9. The molecule has 3 N–H and O–H groups in total. The van der Waals surface area contributed by atoms with Crippen molar-refractivity contribution in [3.05, 3.63) is 113 Å². The van der Waals surface area contributed by atoms with E-state index in [-0.39, 0.29) is 25.0 Å². The third-order valence-electron chi connectivity index (χ3n) is 8.56. The molecule has 2 aromatic heterocycles. The molecule has 2 heterocycles. The summed E-state index contributed by atoms with van der Waals surface area (Å²) in [5.74, 6) is -2.73. The summed E-state index contributed by atoms with van der Waals surface area (Å²) in [7, 11) is -2.90. The van der Waals surface area contributed by atoms with Crippen LogP contribution in [0.1, 0.15) is 52.4 Å². The van der Waals surface area contributed by atoms with Gasteiger partial charge < -0.3 is 15.6 Å². The smallest absolute Gasteiger partial charge is 0.259 e. The summed E-state index contributed by atoms with van der Waals surface area (Å²) in [6, 6.07) is 17.0. The van der Waals surface area contributed by atoms with Crippen LogP contribution in [-0.4, -0.2) is 80.0 Å². The minimum absolute atomic E-state index is 0.0398. The lowest BCUT2D eigenvalue weighted by Crippen LogP contribution is -2.59. The second-order valence-corrected chi connectivity index (χ2v) is 14.3. The van der Waals surface area contributed by atoms with Crippen LogP contribution < -0.4 is 5.73 Å². The zero-order valence-corrected chi connectivity index (χ0v) is 28.9. The summed E-state index contributed by atoms with van der Waals surface area (Å²) in [4.78, 5) is 50.5. The molecular formula is C36H41N7O5S. The van der Waals surface area contributed by atoms with Gasteiger partial charge in [0, 0.05) is 42.6 Å². The first-order valence-electron chi connectivity index (χ1n) is 16.1.